The maximum Gasteiger partial charge on any atom is 0.0994 e. The maximum atomic E-state index is 10.4. The number of hydrogen-bond donors (Lipinski definition) is 1. The second-order valence-corrected chi connectivity index (χ2v) is 4.99. The molecule has 0 aromatic heterocycles. The maximum absolute atomic E-state index is 10.4. The minimum absolute atomic E-state index is 0.560. The Bertz CT molecular complexity index is 316. The topological polar surface area (TPSA) is 20.2 Å². The second kappa shape index (κ2) is 3.95. The van der Waals surface area contributed by atoms with Gasteiger partial charge in [-0.05, 0) is 29.7 Å². The van der Waals surface area contributed by atoms with Gasteiger partial charge in [0.2, 0.25) is 0 Å². The first-order chi connectivity index (χ1) is 6.74. The Labute approximate surface area is 89.5 Å². The van der Waals surface area contributed by atoms with E-state index in [1.54, 1.807) is 0 Å². The summed E-state index contributed by atoms with van der Waals surface area (Å²) in [6, 6.07) is 8.36. The van der Waals surface area contributed by atoms with Crippen molar-refractivity contribution in [3.63, 3.8) is 0 Å². The van der Waals surface area contributed by atoms with E-state index in [0.717, 1.165) is 29.9 Å². The molecule has 1 aliphatic rings. The second-order valence-electron chi connectivity index (χ2n) is 3.89. The third-order valence-corrected chi connectivity index (χ3v) is 4.05. The van der Waals surface area contributed by atoms with Gasteiger partial charge < -0.3 is 5.11 Å². The molecule has 1 aromatic rings. The Hall–Kier alpha value is -0.470. The van der Waals surface area contributed by atoms with Crippen molar-refractivity contribution in [3.8, 4) is 0 Å². The summed E-state index contributed by atoms with van der Waals surface area (Å²) in [5, 5.41) is 10.4. The first-order valence-corrected chi connectivity index (χ1v) is 6.29. The lowest BCUT2D eigenvalue weighted by atomic mass is 9.92. The van der Waals surface area contributed by atoms with Crippen LogP contribution in [0.3, 0.4) is 0 Å². The Morgan fingerprint density at radius 3 is 3.00 bits per heavy atom. The van der Waals surface area contributed by atoms with Gasteiger partial charge in [-0.2, -0.15) is 11.8 Å². The average molecular weight is 208 g/mol. The standard InChI is InChI=1S/C12H16OS/c1-2-10-4-3-5-11(8-10)12(13)6-7-14-9-12/h3-5,8,13H,2,6-7,9H2,1H3. The van der Waals surface area contributed by atoms with Gasteiger partial charge in [-0.15, -0.1) is 0 Å². The summed E-state index contributed by atoms with van der Waals surface area (Å²) in [4.78, 5) is 0. The van der Waals surface area contributed by atoms with E-state index in [9.17, 15) is 5.11 Å². The predicted octanol–water partition coefficient (Wildman–Crippen LogP) is 2.57. The van der Waals surface area contributed by atoms with Gasteiger partial charge in [0.05, 0.1) is 5.60 Å². The molecule has 0 radical (unpaired) electrons. The summed E-state index contributed by atoms with van der Waals surface area (Å²) < 4.78 is 0. The average Bonchev–Trinajstić information content (AvgIpc) is 2.67. The highest BCUT2D eigenvalue weighted by molar-refractivity contribution is 7.99. The molecule has 1 saturated heterocycles. The fourth-order valence-electron chi connectivity index (χ4n) is 1.86. The highest BCUT2D eigenvalue weighted by atomic mass is 32.2. The molecule has 0 saturated carbocycles. The molecule has 1 N–H and O–H groups in total. The summed E-state index contributed by atoms with van der Waals surface area (Å²) in [7, 11) is 0. The number of hydrogen-bond acceptors (Lipinski definition) is 2. The number of rotatable bonds is 2. The molecule has 0 aliphatic carbocycles. The molecule has 76 valence electrons. The van der Waals surface area contributed by atoms with Crippen molar-refractivity contribution < 1.29 is 5.11 Å². The minimum atomic E-state index is -0.560. The van der Waals surface area contributed by atoms with Crippen LogP contribution in [-0.2, 0) is 12.0 Å². The molecule has 1 heterocycles. The summed E-state index contributed by atoms with van der Waals surface area (Å²) in [5.41, 5.74) is 1.85. The van der Waals surface area contributed by atoms with Gasteiger partial charge in [-0.1, -0.05) is 31.2 Å². The van der Waals surface area contributed by atoms with E-state index in [-0.39, 0.29) is 0 Å². The molecule has 2 rings (SSSR count). The Kier molecular flexibility index (Phi) is 2.84. The lowest BCUT2D eigenvalue weighted by Gasteiger charge is -2.22. The highest BCUT2D eigenvalue weighted by Gasteiger charge is 2.33. The zero-order valence-electron chi connectivity index (χ0n) is 8.49. The molecule has 1 aromatic carbocycles. The number of thioether (sulfide) groups is 1. The normalized spacial score (nSPS) is 26.7. The van der Waals surface area contributed by atoms with Crippen LogP contribution in [0.25, 0.3) is 0 Å². The summed E-state index contributed by atoms with van der Waals surface area (Å²) in [5.74, 6) is 1.92. The number of aliphatic hydroxyl groups is 1. The third-order valence-electron chi connectivity index (χ3n) is 2.87. The van der Waals surface area contributed by atoms with Crippen molar-refractivity contribution in [2.75, 3.05) is 11.5 Å². The minimum Gasteiger partial charge on any atom is -0.384 e. The Morgan fingerprint density at radius 2 is 2.36 bits per heavy atom. The fourth-order valence-corrected chi connectivity index (χ4v) is 3.14. The van der Waals surface area contributed by atoms with Crippen LogP contribution < -0.4 is 0 Å². The van der Waals surface area contributed by atoms with Crippen LogP contribution in [0, 0.1) is 0 Å². The lowest BCUT2D eigenvalue weighted by molar-refractivity contribution is 0.0657. The van der Waals surface area contributed by atoms with E-state index >= 15 is 0 Å². The molecular weight excluding hydrogens is 192 g/mol. The monoisotopic (exact) mass is 208 g/mol. The van der Waals surface area contributed by atoms with Crippen LogP contribution in [-0.4, -0.2) is 16.6 Å². The van der Waals surface area contributed by atoms with Gasteiger partial charge in [0, 0.05) is 5.75 Å². The molecular formula is C12H16OS. The molecule has 1 aliphatic heterocycles. The zero-order chi connectivity index (χ0) is 10.0. The van der Waals surface area contributed by atoms with Crippen molar-refractivity contribution in [1.29, 1.82) is 0 Å². The first kappa shape index (κ1) is 10.1. The molecule has 0 spiro atoms. The van der Waals surface area contributed by atoms with Gasteiger partial charge in [0.1, 0.15) is 0 Å². The van der Waals surface area contributed by atoms with E-state index in [2.05, 4.69) is 25.1 Å². The summed E-state index contributed by atoms with van der Waals surface area (Å²) in [6.07, 6.45) is 1.93. The predicted molar refractivity (Wildman–Crippen MR) is 61.7 cm³/mol. The zero-order valence-corrected chi connectivity index (χ0v) is 9.31. The summed E-state index contributed by atoms with van der Waals surface area (Å²) >= 11 is 1.84. The van der Waals surface area contributed by atoms with Crippen molar-refractivity contribution in [2.45, 2.75) is 25.4 Å². The molecule has 14 heavy (non-hydrogen) atoms. The van der Waals surface area contributed by atoms with Gasteiger partial charge in [0.15, 0.2) is 0 Å². The smallest absolute Gasteiger partial charge is 0.0994 e. The van der Waals surface area contributed by atoms with Crippen molar-refractivity contribution >= 4 is 11.8 Å². The van der Waals surface area contributed by atoms with Gasteiger partial charge in [-0.25, -0.2) is 0 Å². The van der Waals surface area contributed by atoms with Crippen LogP contribution in [0.15, 0.2) is 24.3 Å². The van der Waals surface area contributed by atoms with Crippen LogP contribution in [0.4, 0.5) is 0 Å². The first-order valence-electron chi connectivity index (χ1n) is 5.14. The van der Waals surface area contributed by atoms with E-state index in [0.29, 0.717) is 0 Å². The van der Waals surface area contributed by atoms with Crippen LogP contribution in [0.5, 0.6) is 0 Å². The lowest BCUT2D eigenvalue weighted by Crippen LogP contribution is -2.24. The van der Waals surface area contributed by atoms with Crippen LogP contribution in [0.1, 0.15) is 24.5 Å². The van der Waals surface area contributed by atoms with Gasteiger partial charge in [0.25, 0.3) is 0 Å². The van der Waals surface area contributed by atoms with Crippen molar-refractivity contribution in [2.24, 2.45) is 0 Å². The molecule has 1 fully saturated rings. The molecule has 0 amide bonds. The molecule has 1 nitrogen and oxygen atoms in total. The molecule has 1 atom stereocenters. The van der Waals surface area contributed by atoms with E-state index in [1.165, 1.54) is 5.56 Å². The molecule has 1 unspecified atom stereocenters. The fraction of sp³-hybridized carbons (Fsp3) is 0.500. The summed E-state index contributed by atoms with van der Waals surface area (Å²) in [6.45, 7) is 2.15. The SMILES string of the molecule is CCc1cccc(C2(O)CCSC2)c1. The van der Waals surface area contributed by atoms with Crippen LogP contribution in [0.2, 0.25) is 0 Å². The quantitative estimate of drug-likeness (QED) is 0.806. The van der Waals surface area contributed by atoms with Gasteiger partial charge >= 0.3 is 0 Å². The highest BCUT2D eigenvalue weighted by Crippen LogP contribution is 2.36. The molecule has 0 bridgehead atoms. The van der Waals surface area contributed by atoms with Gasteiger partial charge in [-0.3, -0.25) is 0 Å². The van der Waals surface area contributed by atoms with Crippen molar-refractivity contribution in [3.05, 3.63) is 35.4 Å². The Morgan fingerprint density at radius 1 is 1.50 bits per heavy atom. The third kappa shape index (κ3) is 1.82. The molecule has 2 heteroatoms. The number of aryl methyl sites for hydroxylation is 1. The van der Waals surface area contributed by atoms with E-state index in [1.807, 2.05) is 17.8 Å². The van der Waals surface area contributed by atoms with Crippen LogP contribution >= 0.6 is 11.8 Å². The van der Waals surface area contributed by atoms with E-state index in [4.69, 9.17) is 0 Å². The largest absolute Gasteiger partial charge is 0.384 e. The van der Waals surface area contributed by atoms with E-state index < -0.39 is 5.60 Å². The van der Waals surface area contributed by atoms with Crippen molar-refractivity contribution in [1.82, 2.24) is 0 Å². The number of benzene rings is 1. The Balaban J connectivity index is 2.30.